The standard InChI is InChI=1S/C33H34N4O4/c1-5-37(21-22-13-9-7-10-14-22)25-19-17-23(18-20-25)26-27(32(39)41-6-2)29(24-15-11-8-12-16-24)34-30-28(26)31(38)36(4)33(40)35(30)3/h7-20,26,34H,5-6,21H2,1-4H3. The molecular weight excluding hydrogens is 516 g/mol. The van der Waals surface area contributed by atoms with Gasteiger partial charge in [-0.3, -0.25) is 13.9 Å². The van der Waals surface area contributed by atoms with Crippen molar-refractivity contribution in [3.8, 4) is 0 Å². The summed E-state index contributed by atoms with van der Waals surface area (Å²) in [6, 6.07) is 27.6. The molecule has 1 atom stereocenters. The maximum atomic E-state index is 13.7. The van der Waals surface area contributed by atoms with E-state index in [4.69, 9.17) is 4.74 Å². The van der Waals surface area contributed by atoms with Gasteiger partial charge in [-0.15, -0.1) is 0 Å². The van der Waals surface area contributed by atoms with Crippen LogP contribution in [0.4, 0.5) is 11.5 Å². The SMILES string of the molecule is CCOC(=O)C1=C(c2ccccc2)Nc2c(c(=O)n(C)c(=O)n2C)C1c1ccc(N(CC)Cc2ccccc2)cc1. The fraction of sp³-hybridized carbons (Fsp3) is 0.242. The van der Waals surface area contributed by atoms with Gasteiger partial charge < -0.3 is 15.0 Å². The summed E-state index contributed by atoms with van der Waals surface area (Å²) in [6.45, 7) is 5.60. The molecule has 0 saturated heterocycles. The fourth-order valence-corrected chi connectivity index (χ4v) is 5.42. The average Bonchev–Trinajstić information content (AvgIpc) is 3.01. The minimum absolute atomic E-state index is 0.180. The number of anilines is 2. The van der Waals surface area contributed by atoms with Crippen LogP contribution in [0.1, 0.15) is 42.0 Å². The monoisotopic (exact) mass is 550 g/mol. The first kappa shape index (κ1) is 27.7. The van der Waals surface area contributed by atoms with Crippen molar-refractivity contribution in [1.82, 2.24) is 9.13 Å². The number of hydrogen-bond donors (Lipinski definition) is 1. The van der Waals surface area contributed by atoms with E-state index < -0.39 is 23.1 Å². The molecule has 0 spiro atoms. The second-order valence-corrected chi connectivity index (χ2v) is 9.99. The number of ether oxygens (including phenoxy) is 1. The van der Waals surface area contributed by atoms with E-state index in [1.807, 2.05) is 72.8 Å². The summed E-state index contributed by atoms with van der Waals surface area (Å²) in [7, 11) is 3.07. The molecule has 5 rings (SSSR count). The largest absolute Gasteiger partial charge is 0.463 e. The molecule has 1 N–H and O–H groups in total. The third-order valence-corrected chi connectivity index (χ3v) is 7.54. The fourth-order valence-electron chi connectivity index (χ4n) is 5.42. The van der Waals surface area contributed by atoms with Crippen molar-refractivity contribution in [1.29, 1.82) is 0 Å². The Labute approximate surface area is 239 Å². The van der Waals surface area contributed by atoms with Crippen LogP contribution in [0.15, 0.2) is 100 Å². The van der Waals surface area contributed by atoms with Gasteiger partial charge in [0.15, 0.2) is 0 Å². The maximum Gasteiger partial charge on any atom is 0.337 e. The van der Waals surface area contributed by atoms with Gasteiger partial charge in [0, 0.05) is 32.9 Å². The Bertz CT molecular complexity index is 1700. The molecule has 2 heterocycles. The number of esters is 1. The Balaban J connectivity index is 1.70. The Morgan fingerprint density at radius 2 is 1.51 bits per heavy atom. The molecular formula is C33H34N4O4. The number of benzene rings is 3. The smallest absolute Gasteiger partial charge is 0.337 e. The number of carbonyl (C=O) groups is 1. The van der Waals surface area contributed by atoms with Crippen LogP contribution >= 0.6 is 0 Å². The van der Waals surface area contributed by atoms with E-state index in [1.54, 1.807) is 14.0 Å². The van der Waals surface area contributed by atoms with E-state index >= 15 is 0 Å². The quantitative estimate of drug-likeness (QED) is 0.322. The molecule has 0 aliphatic carbocycles. The topological polar surface area (TPSA) is 85.6 Å². The second kappa shape index (κ2) is 11.7. The Morgan fingerprint density at radius 1 is 0.878 bits per heavy atom. The van der Waals surface area contributed by atoms with Gasteiger partial charge in [0.05, 0.1) is 29.4 Å². The lowest BCUT2D eigenvalue weighted by atomic mass is 9.80. The van der Waals surface area contributed by atoms with Gasteiger partial charge >= 0.3 is 11.7 Å². The maximum absolute atomic E-state index is 13.7. The number of nitrogens with zero attached hydrogens (tertiary/aromatic N) is 3. The van der Waals surface area contributed by atoms with Gasteiger partial charge in [-0.05, 0) is 42.7 Å². The van der Waals surface area contributed by atoms with E-state index in [0.29, 0.717) is 22.7 Å². The van der Waals surface area contributed by atoms with Crippen LogP contribution in [0.5, 0.6) is 0 Å². The predicted octanol–water partition coefficient (Wildman–Crippen LogP) is 4.64. The number of nitrogens with one attached hydrogen (secondary N) is 1. The van der Waals surface area contributed by atoms with Crippen molar-refractivity contribution < 1.29 is 9.53 Å². The van der Waals surface area contributed by atoms with Gasteiger partial charge in [0.1, 0.15) is 5.82 Å². The zero-order valence-electron chi connectivity index (χ0n) is 23.8. The van der Waals surface area contributed by atoms with Crippen molar-refractivity contribution >= 4 is 23.2 Å². The highest BCUT2D eigenvalue weighted by atomic mass is 16.5. The lowest BCUT2D eigenvalue weighted by Gasteiger charge is -2.32. The van der Waals surface area contributed by atoms with E-state index in [-0.39, 0.29) is 6.61 Å². The van der Waals surface area contributed by atoms with Crippen LogP contribution in [0.25, 0.3) is 5.70 Å². The third-order valence-electron chi connectivity index (χ3n) is 7.54. The molecule has 8 heteroatoms. The molecule has 8 nitrogen and oxygen atoms in total. The molecule has 0 fully saturated rings. The van der Waals surface area contributed by atoms with Crippen molar-refractivity contribution in [2.24, 2.45) is 14.1 Å². The highest BCUT2D eigenvalue weighted by Gasteiger charge is 2.39. The van der Waals surface area contributed by atoms with Crippen LogP contribution in [-0.4, -0.2) is 28.3 Å². The first-order valence-corrected chi connectivity index (χ1v) is 13.8. The van der Waals surface area contributed by atoms with Crippen LogP contribution in [-0.2, 0) is 30.2 Å². The summed E-state index contributed by atoms with van der Waals surface area (Å²) in [5, 5.41) is 3.27. The average molecular weight is 551 g/mol. The van der Waals surface area contributed by atoms with E-state index in [1.165, 1.54) is 17.2 Å². The molecule has 41 heavy (non-hydrogen) atoms. The summed E-state index contributed by atoms with van der Waals surface area (Å²) < 4.78 is 8.05. The van der Waals surface area contributed by atoms with Crippen molar-refractivity contribution in [3.63, 3.8) is 0 Å². The van der Waals surface area contributed by atoms with E-state index in [0.717, 1.165) is 34.5 Å². The molecule has 0 amide bonds. The molecule has 210 valence electrons. The summed E-state index contributed by atoms with van der Waals surface area (Å²) in [4.78, 5) is 42.5. The second-order valence-electron chi connectivity index (χ2n) is 9.99. The third kappa shape index (κ3) is 5.20. The summed E-state index contributed by atoms with van der Waals surface area (Å²) in [5.41, 5.74) is 3.96. The van der Waals surface area contributed by atoms with Gasteiger partial charge in [0.25, 0.3) is 5.56 Å². The zero-order valence-corrected chi connectivity index (χ0v) is 23.8. The van der Waals surface area contributed by atoms with Gasteiger partial charge in [-0.1, -0.05) is 72.8 Å². The number of fused-ring (bicyclic) bond motifs is 1. The summed E-state index contributed by atoms with van der Waals surface area (Å²) >= 11 is 0. The van der Waals surface area contributed by atoms with Crippen molar-refractivity contribution in [3.05, 3.63) is 134 Å². The molecule has 3 aromatic carbocycles. The minimum atomic E-state index is -0.760. The van der Waals surface area contributed by atoms with Crippen LogP contribution in [0.2, 0.25) is 0 Å². The summed E-state index contributed by atoms with van der Waals surface area (Å²) in [6.07, 6.45) is 0. The lowest BCUT2D eigenvalue weighted by Crippen LogP contribution is -2.43. The molecule has 4 aromatic rings. The van der Waals surface area contributed by atoms with Crippen LogP contribution < -0.4 is 21.5 Å². The van der Waals surface area contributed by atoms with Gasteiger partial charge in [0.2, 0.25) is 0 Å². The lowest BCUT2D eigenvalue weighted by molar-refractivity contribution is -0.138. The van der Waals surface area contributed by atoms with Crippen molar-refractivity contribution in [2.45, 2.75) is 26.3 Å². The minimum Gasteiger partial charge on any atom is -0.463 e. The molecule has 0 bridgehead atoms. The van der Waals surface area contributed by atoms with Gasteiger partial charge in [-0.2, -0.15) is 0 Å². The summed E-state index contributed by atoms with van der Waals surface area (Å²) in [5.74, 6) is -0.920. The number of rotatable bonds is 8. The number of hydrogen-bond acceptors (Lipinski definition) is 6. The Kier molecular flexibility index (Phi) is 7.92. The first-order chi connectivity index (χ1) is 19.8. The molecule has 0 radical (unpaired) electrons. The highest BCUT2D eigenvalue weighted by Crippen LogP contribution is 2.43. The normalized spacial score (nSPS) is 14.3. The van der Waals surface area contributed by atoms with Crippen LogP contribution in [0.3, 0.4) is 0 Å². The van der Waals surface area contributed by atoms with Crippen LogP contribution in [0, 0.1) is 0 Å². The molecule has 1 unspecified atom stereocenters. The molecule has 1 aliphatic rings. The molecule has 1 aromatic heterocycles. The first-order valence-electron chi connectivity index (χ1n) is 13.8. The predicted molar refractivity (Wildman–Crippen MR) is 162 cm³/mol. The zero-order chi connectivity index (χ0) is 29.1. The van der Waals surface area contributed by atoms with E-state index in [2.05, 4.69) is 29.3 Å². The van der Waals surface area contributed by atoms with E-state index in [9.17, 15) is 14.4 Å². The molecule has 1 aliphatic heterocycles. The molecule has 0 saturated carbocycles. The number of carbonyl (C=O) groups excluding carboxylic acids is 1. The van der Waals surface area contributed by atoms with Crippen molar-refractivity contribution in [2.75, 3.05) is 23.4 Å². The number of aromatic nitrogens is 2. The Morgan fingerprint density at radius 3 is 2.12 bits per heavy atom. The Hall–Kier alpha value is -4.85. The van der Waals surface area contributed by atoms with Gasteiger partial charge in [-0.25, -0.2) is 9.59 Å². The highest BCUT2D eigenvalue weighted by molar-refractivity contribution is 6.04.